The Labute approximate surface area is 509 Å². The second-order valence-electron chi connectivity index (χ2n) is 23.8. The third-order valence-corrected chi connectivity index (χ3v) is 15.6. The SMILES string of the molecule is CC/C=C\C/C=C\C/C=C\C/C=C\CCCCCCCCCCCCCCC(=O)OC(COC(=O)CCCCCCC/C=C\CCCCC)COC(=O)CCCCCCCCCCCCCCCCC/C=C\C/C=C\CCCCCCC. The van der Waals surface area contributed by atoms with Crippen LogP contribution in [0.15, 0.2) is 85.1 Å². The van der Waals surface area contributed by atoms with E-state index >= 15 is 0 Å². The summed E-state index contributed by atoms with van der Waals surface area (Å²) in [5.74, 6) is -0.871. The number of hydrogen-bond donors (Lipinski definition) is 0. The van der Waals surface area contributed by atoms with Gasteiger partial charge < -0.3 is 14.2 Å². The average molecular weight is 1140 g/mol. The zero-order valence-electron chi connectivity index (χ0n) is 54.5. The fourth-order valence-corrected chi connectivity index (χ4v) is 10.3. The molecular weight excluding hydrogens is 1010 g/mol. The standard InChI is InChI=1S/C76H134O6/c1-4-7-10-13-16-19-22-25-27-29-31-33-35-37-38-40-41-43-45-47-49-51-54-57-60-63-66-69-75(78)81-72-73(71-80-74(77)68-65-62-59-56-53-24-21-18-15-12-9-6-3)82-76(79)70-67-64-61-58-55-52-50-48-46-44-42-39-36-34-32-30-28-26-23-20-17-14-11-8-5-2/h8,11,17-18,20-22,25-26,28-29,31-32,34,73H,4-7,9-10,12-16,19,23-24,27,30,33,35-72H2,1-3H3/b11-8-,20-17-,21-18-,25-22-,28-26-,31-29-,34-32-. The van der Waals surface area contributed by atoms with Crippen molar-refractivity contribution in [1.82, 2.24) is 0 Å². The molecule has 0 rings (SSSR count). The van der Waals surface area contributed by atoms with E-state index in [0.717, 1.165) is 96.3 Å². The molecule has 6 nitrogen and oxygen atoms in total. The van der Waals surface area contributed by atoms with Crippen LogP contribution < -0.4 is 0 Å². The summed E-state index contributed by atoms with van der Waals surface area (Å²) < 4.78 is 17.0. The largest absolute Gasteiger partial charge is 0.462 e. The van der Waals surface area contributed by atoms with Gasteiger partial charge in [0.1, 0.15) is 13.2 Å². The third-order valence-electron chi connectivity index (χ3n) is 15.6. The smallest absolute Gasteiger partial charge is 0.306 e. The van der Waals surface area contributed by atoms with Crippen LogP contribution in [0.3, 0.4) is 0 Å². The van der Waals surface area contributed by atoms with Gasteiger partial charge in [0.05, 0.1) is 0 Å². The molecule has 0 aliphatic carbocycles. The Balaban J connectivity index is 4.23. The maximum Gasteiger partial charge on any atom is 0.306 e. The van der Waals surface area contributed by atoms with E-state index in [2.05, 4.69) is 106 Å². The highest BCUT2D eigenvalue weighted by Crippen LogP contribution is 2.18. The summed E-state index contributed by atoms with van der Waals surface area (Å²) in [4.78, 5) is 38.4. The minimum Gasteiger partial charge on any atom is -0.462 e. The Kier molecular flexibility index (Phi) is 67.2. The predicted molar refractivity (Wildman–Crippen MR) is 358 cm³/mol. The van der Waals surface area contributed by atoms with Crippen LogP contribution in [0.5, 0.6) is 0 Å². The minimum absolute atomic E-state index is 0.0768. The van der Waals surface area contributed by atoms with Crippen LogP contribution in [0.2, 0.25) is 0 Å². The lowest BCUT2D eigenvalue weighted by atomic mass is 10.0. The van der Waals surface area contributed by atoms with E-state index in [1.807, 2.05) is 0 Å². The molecular formula is C76H134O6. The number of carbonyl (C=O) groups excluding carboxylic acids is 3. The minimum atomic E-state index is -0.782. The maximum atomic E-state index is 13.0. The van der Waals surface area contributed by atoms with Crippen LogP contribution >= 0.6 is 0 Å². The van der Waals surface area contributed by atoms with Gasteiger partial charge in [0.25, 0.3) is 0 Å². The van der Waals surface area contributed by atoms with Gasteiger partial charge in [-0.25, -0.2) is 0 Å². The van der Waals surface area contributed by atoms with Gasteiger partial charge in [-0.2, -0.15) is 0 Å². The van der Waals surface area contributed by atoms with Gasteiger partial charge >= 0.3 is 17.9 Å². The molecule has 0 fully saturated rings. The van der Waals surface area contributed by atoms with Gasteiger partial charge in [-0.15, -0.1) is 0 Å². The van der Waals surface area contributed by atoms with E-state index in [4.69, 9.17) is 14.2 Å². The molecule has 1 atom stereocenters. The Morgan fingerprint density at radius 1 is 0.256 bits per heavy atom. The van der Waals surface area contributed by atoms with E-state index < -0.39 is 6.10 Å². The van der Waals surface area contributed by atoms with Crippen LogP contribution in [-0.4, -0.2) is 37.2 Å². The summed E-state index contributed by atoms with van der Waals surface area (Å²) in [5, 5.41) is 0. The first kappa shape index (κ1) is 78.6. The normalized spacial score (nSPS) is 12.6. The van der Waals surface area contributed by atoms with Crippen LogP contribution in [-0.2, 0) is 28.6 Å². The third kappa shape index (κ3) is 67.4. The van der Waals surface area contributed by atoms with Crippen molar-refractivity contribution >= 4 is 17.9 Å². The zero-order valence-corrected chi connectivity index (χ0v) is 54.5. The molecule has 0 N–H and O–H groups in total. The predicted octanol–water partition coefficient (Wildman–Crippen LogP) is 24.6. The number of hydrogen-bond acceptors (Lipinski definition) is 6. The lowest BCUT2D eigenvalue weighted by Gasteiger charge is -2.18. The molecule has 0 aromatic rings. The summed E-state index contributed by atoms with van der Waals surface area (Å²) in [6.45, 7) is 6.53. The number of esters is 3. The summed E-state index contributed by atoms with van der Waals surface area (Å²) in [7, 11) is 0. The van der Waals surface area contributed by atoms with E-state index in [1.54, 1.807) is 0 Å². The van der Waals surface area contributed by atoms with Crippen molar-refractivity contribution in [3.05, 3.63) is 85.1 Å². The van der Waals surface area contributed by atoms with Crippen LogP contribution in [0, 0.1) is 0 Å². The molecule has 0 amide bonds. The van der Waals surface area contributed by atoms with Crippen molar-refractivity contribution in [2.75, 3.05) is 13.2 Å². The highest BCUT2D eigenvalue weighted by atomic mass is 16.6. The molecule has 0 aromatic heterocycles. The molecule has 0 radical (unpaired) electrons. The molecule has 0 heterocycles. The lowest BCUT2D eigenvalue weighted by molar-refractivity contribution is -0.167. The fourth-order valence-electron chi connectivity index (χ4n) is 10.3. The highest BCUT2D eigenvalue weighted by Gasteiger charge is 2.19. The molecule has 0 saturated carbocycles. The first-order valence-electron chi connectivity index (χ1n) is 35.6. The monoisotopic (exact) mass is 1140 g/mol. The quantitative estimate of drug-likeness (QED) is 0.0261. The topological polar surface area (TPSA) is 78.9 Å². The van der Waals surface area contributed by atoms with Gasteiger partial charge in [0, 0.05) is 19.3 Å². The Bertz CT molecular complexity index is 1550. The number of unbranched alkanes of at least 4 members (excludes halogenated alkanes) is 40. The molecule has 82 heavy (non-hydrogen) atoms. The summed E-state index contributed by atoms with van der Waals surface area (Å²) >= 11 is 0. The highest BCUT2D eigenvalue weighted by molar-refractivity contribution is 5.71. The van der Waals surface area contributed by atoms with E-state index in [1.165, 1.54) is 225 Å². The molecule has 1 unspecified atom stereocenters. The van der Waals surface area contributed by atoms with E-state index in [-0.39, 0.29) is 31.1 Å². The van der Waals surface area contributed by atoms with Crippen LogP contribution in [0.4, 0.5) is 0 Å². The molecule has 6 heteroatoms. The van der Waals surface area contributed by atoms with E-state index in [9.17, 15) is 14.4 Å². The Hall–Kier alpha value is -3.41. The van der Waals surface area contributed by atoms with Gasteiger partial charge in [-0.3, -0.25) is 14.4 Å². The van der Waals surface area contributed by atoms with Crippen molar-refractivity contribution in [3.8, 4) is 0 Å². The molecule has 0 aliphatic rings. The molecule has 474 valence electrons. The first-order valence-corrected chi connectivity index (χ1v) is 35.6. The number of carbonyl (C=O) groups is 3. The Morgan fingerprint density at radius 2 is 0.476 bits per heavy atom. The fraction of sp³-hybridized carbons (Fsp3) is 0.776. The summed E-state index contributed by atoms with van der Waals surface area (Å²) in [6, 6.07) is 0. The molecule has 0 aliphatic heterocycles. The second kappa shape index (κ2) is 70.1. The molecule has 0 spiro atoms. The van der Waals surface area contributed by atoms with Crippen molar-refractivity contribution in [2.24, 2.45) is 0 Å². The maximum absolute atomic E-state index is 13.0. The van der Waals surface area contributed by atoms with Crippen molar-refractivity contribution in [1.29, 1.82) is 0 Å². The number of rotatable bonds is 65. The molecule has 0 aromatic carbocycles. The van der Waals surface area contributed by atoms with Gasteiger partial charge in [-0.1, -0.05) is 311 Å². The van der Waals surface area contributed by atoms with Gasteiger partial charge in [0.2, 0.25) is 0 Å². The molecule has 0 bridgehead atoms. The van der Waals surface area contributed by atoms with Gasteiger partial charge in [-0.05, 0) is 116 Å². The van der Waals surface area contributed by atoms with Crippen molar-refractivity contribution < 1.29 is 28.6 Å². The second-order valence-corrected chi connectivity index (χ2v) is 23.8. The zero-order chi connectivity index (χ0) is 59.2. The number of allylic oxidation sites excluding steroid dienone is 14. The summed E-state index contributed by atoms with van der Waals surface area (Å²) in [6.07, 6.45) is 93.3. The molecule has 0 saturated heterocycles. The number of ether oxygens (including phenoxy) is 3. The summed E-state index contributed by atoms with van der Waals surface area (Å²) in [5.41, 5.74) is 0. The van der Waals surface area contributed by atoms with Crippen LogP contribution in [0.1, 0.15) is 361 Å². The van der Waals surface area contributed by atoms with E-state index in [0.29, 0.717) is 19.3 Å². The first-order chi connectivity index (χ1) is 40.5. The van der Waals surface area contributed by atoms with Crippen LogP contribution in [0.25, 0.3) is 0 Å². The van der Waals surface area contributed by atoms with Crippen molar-refractivity contribution in [2.45, 2.75) is 367 Å². The Morgan fingerprint density at radius 3 is 0.780 bits per heavy atom. The van der Waals surface area contributed by atoms with Crippen molar-refractivity contribution in [3.63, 3.8) is 0 Å². The van der Waals surface area contributed by atoms with Gasteiger partial charge in [0.15, 0.2) is 6.10 Å². The lowest BCUT2D eigenvalue weighted by Crippen LogP contribution is -2.30. The average Bonchev–Trinajstić information content (AvgIpc) is 3.47.